The summed E-state index contributed by atoms with van der Waals surface area (Å²) in [4.78, 5) is 2.18. The lowest BCUT2D eigenvalue weighted by Crippen LogP contribution is -2.50. The summed E-state index contributed by atoms with van der Waals surface area (Å²) >= 11 is 0. The Balaban J connectivity index is 2.77. The Bertz CT molecular complexity index is 400. The molecule has 0 amide bonds. The molecule has 0 N–H and O–H groups in total. The summed E-state index contributed by atoms with van der Waals surface area (Å²) in [5.41, 5.74) is 1.46. The van der Waals surface area contributed by atoms with E-state index in [0.29, 0.717) is 0 Å². The minimum atomic E-state index is -1.75. The summed E-state index contributed by atoms with van der Waals surface area (Å²) in [6, 6.07) is 10.3. The van der Waals surface area contributed by atoms with E-state index in [1.165, 1.54) is 5.56 Å². The van der Waals surface area contributed by atoms with Gasteiger partial charge in [-0.05, 0) is 30.9 Å². The summed E-state index contributed by atoms with van der Waals surface area (Å²) < 4.78 is 5.66. The average molecular weight is 261 g/mol. The van der Waals surface area contributed by atoms with Crippen LogP contribution in [0.1, 0.15) is 5.56 Å². The molecule has 0 saturated heterocycles. The van der Waals surface area contributed by atoms with Crippen molar-refractivity contribution < 1.29 is 4.43 Å². The van der Waals surface area contributed by atoms with E-state index >= 15 is 0 Å². The van der Waals surface area contributed by atoms with E-state index in [9.17, 15) is 0 Å². The Morgan fingerprint density at radius 3 is 2.39 bits per heavy atom. The van der Waals surface area contributed by atoms with E-state index in [4.69, 9.17) is 4.43 Å². The summed E-state index contributed by atoms with van der Waals surface area (Å²) in [6.07, 6.45) is 6.18. The molecule has 0 aliphatic heterocycles. The van der Waals surface area contributed by atoms with Crippen molar-refractivity contribution in [2.24, 2.45) is 0 Å². The predicted molar refractivity (Wildman–Crippen MR) is 81.7 cm³/mol. The maximum absolute atomic E-state index is 5.66. The number of hydrogen-bond acceptors (Lipinski definition) is 2. The maximum Gasteiger partial charge on any atom is 0.211 e. The highest BCUT2D eigenvalue weighted by atomic mass is 28.4. The first-order chi connectivity index (χ1) is 8.51. The Hall–Kier alpha value is -1.32. The van der Waals surface area contributed by atoms with Gasteiger partial charge in [-0.2, -0.15) is 0 Å². The van der Waals surface area contributed by atoms with Crippen molar-refractivity contribution in [3.8, 4) is 0 Å². The summed E-state index contributed by atoms with van der Waals surface area (Å²) in [5.74, 6) is 0. The summed E-state index contributed by atoms with van der Waals surface area (Å²) in [6.45, 7) is 8.33. The zero-order valence-corrected chi connectivity index (χ0v) is 12.8. The second-order valence-corrected chi connectivity index (χ2v) is 9.09. The quantitative estimate of drug-likeness (QED) is 0.574. The number of benzene rings is 1. The summed E-state index contributed by atoms with van der Waals surface area (Å²) in [5, 5.41) is 0. The maximum atomic E-state index is 5.66. The van der Waals surface area contributed by atoms with Gasteiger partial charge < -0.3 is 9.33 Å². The van der Waals surface area contributed by atoms with Gasteiger partial charge in [0.1, 0.15) is 0 Å². The van der Waals surface area contributed by atoms with Gasteiger partial charge in [-0.15, -0.1) is 6.58 Å². The molecule has 2 nitrogen and oxygen atoms in total. The molecule has 0 aliphatic rings. The van der Waals surface area contributed by atoms with Crippen LogP contribution in [0.2, 0.25) is 13.1 Å². The molecule has 0 heterocycles. The Labute approximate surface area is 112 Å². The monoisotopic (exact) mass is 261 g/mol. The van der Waals surface area contributed by atoms with Gasteiger partial charge in [0.25, 0.3) is 0 Å². The first-order valence-corrected chi connectivity index (χ1v) is 9.12. The molecule has 18 heavy (non-hydrogen) atoms. The van der Waals surface area contributed by atoms with Crippen LogP contribution in [0.3, 0.4) is 0 Å². The lowest BCUT2D eigenvalue weighted by atomic mass is 10.2. The minimum absolute atomic E-state index is 0.266. The van der Waals surface area contributed by atoms with Gasteiger partial charge in [0.15, 0.2) is 0 Å². The number of rotatable bonds is 6. The second-order valence-electron chi connectivity index (χ2n) is 4.88. The van der Waals surface area contributed by atoms with Crippen LogP contribution >= 0.6 is 0 Å². The van der Waals surface area contributed by atoms with Gasteiger partial charge in [0.05, 0.1) is 5.67 Å². The fourth-order valence-electron chi connectivity index (χ4n) is 1.92. The van der Waals surface area contributed by atoms with Gasteiger partial charge in [-0.25, -0.2) is 0 Å². The van der Waals surface area contributed by atoms with Crippen molar-refractivity contribution in [2.45, 2.75) is 18.8 Å². The molecule has 1 aromatic rings. The van der Waals surface area contributed by atoms with Crippen molar-refractivity contribution in [1.82, 2.24) is 4.90 Å². The van der Waals surface area contributed by atoms with Crippen molar-refractivity contribution in [3.05, 3.63) is 54.8 Å². The minimum Gasteiger partial charge on any atom is -0.418 e. The Morgan fingerprint density at radius 2 is 1.89 bits per heavy atom. The molecule has 1 atom stereocenters. The molecule has 0 aromatic heterocycles. The van der Waals surface area contributed by atoms with Gasteiger partial charge >= 0.3 is 0 Å². The highest BCUT2D eigenvalue weighted by molar-refractivity contribution is 6.73. The van der Waals surface area contributed by atoms with E-state index in [0.717, 1.165) is 0 Å². The van der Waals surface area contributed by atoms with Crippen LogP contribution in [0.25, 0.3) is 6.08 Å². The zero-order chi connectivity index (χ0) is 13.6. The highest BCUT2D eigenvalue weighted by Gasteiger charge is 2.32. The number of nitrogens with zero attached hydrogens (tertiary/aromatic N) is 1. The first-order valence-electron chi connectivity index (χ1n) is 6.14. The molecule has 1 rings (SSSR count). The average Bonchev–Trinajstić information content (AvgIpc) is 2.38. The largest absolute Gasteiger partial charge is 0.418 e. The van der Waals surface area contributed by atoms with Gasteiger partial charge in [0, 0.05) is 14.2 Å². The molecule has 0 fully saturated rings. The van der Waals surface area contributed by atoms with Crippen molar-refractivity contribution in [1.29, 1.82) is 0 Å². The molecule has 1 unspecified atom stereocenters. The highest BCUT2D eigenvalue weighted by Crippen LogP contribution is 2.16. The van der Waals surface area contributed by atoms with E-state index in [-0.39, 0.29) is 5.67 Å². The SMILES string of the molecule is C=CC(N(C)C=Cc1ccccc1)[Si](C)(C)OC. The molecule has 0 aliphatic carbocycles. The van der Waals surface area contributed by atoms with Gasteiger partial charge in [-0.1, -0.05) is 36.4 Å². The van der Waals surface area contributed by atoms with Crippen LogP contribution in [0.5, 0.6) is 0 Å². The van der Waals surface area contributed by atoms with Crippen molar-refractivity contribution in [2.75, 3.05) is 14.2 Å². The van der Waals surface area contributed by atoms with Crippen LogP contribution < -0.4 is 0 Å². The van der Waals surface area contributed by atoms with E-state index < -0.39 is 8.32 Å². The van der Waals surface area contributed by atoms with Gasteiger partial charge in [-0.3, -0.25) is 0 Å². The third kappa shape index (κ3) is 3.86. The molecule has 0 spiro atoms. The molecule has 1 aromatic carbocycles. The van der Waals surface area contributed by atoms with Crippen LogP contribution in [-0.4, -0.2) is 33.0 Å². The summed E-state index contributed by atoms with van der Waals surface area (Å²) in [7, 11) is 2.11. The first kappa shape index (κ1) is 14.7. The fourth-order valence-corrected chi connectivity index (χ4v) is 3.80. The van der Waals surface area contributed by atoms with Crippen LogP contribution in [-0.2, 0) is 4.43 Å². The molecule has 0 bridgehead atoms. The van der Waals surface area contributed by atoms with Crippen LogP contribution in [0.4, 0.5) is 0 Å². The molecular weight excluding hydrogens is 238 g/mol. The van der Waals surface area contributed by atoms with Crippen molar-refractivity contribution in [3.63, 3.8) is 0 Å². The third-order valence-electron chi connectivity index (χ3n) is 3.20. The molecule has 3 heteroatoms. The lowest BCUT2D eigenvalue weighted by molar-refractivity contribution is 0.350. The van der Waals surface area contributed by atoms with E-state index in [1.54, 1.807) is 7.11 Å². The van der Waals surface area contributed by atoms with Crippen LogP contribution in [0.15, 0.2) is 49.2 Å². The van der Waals surface area contributed by atoms with Gasteiger partial charge in [0.2, 0.25) is 8.32 Å². The zero-order valence-electron chi connectivity index (χ0n) is 11.8. The predicted octanol–water partition coefficient (Wildman–Crippen LogP) is 3.53. The number of hydrogen-bond donors (Lipinski definition) is 0. The standard InChI is InChI=1S/C15H23NOSi/c1-6-15(18(4,5)17-3)16(2)13-12-14-10-8-7-9-11-14/h6-13,15H,1H2,2-5H3. The van der Waals surface area contributed by atoms with Crippen LogP contribution in [0, 0.1) is 0 Å². The Kier molecular flexibility index (Phi) is 5.38. The topological polar surface area (TPSA) is 12.5 Å². The molecule has 0 radical (unpaired) electrons. The Morgan fingerprint density at radius 1 is 1.28 bits per heavy atom. The van der Waals surface area contributed by atoms with Crippen molar-refractivity contribution >= 4 is 14.4 Å². The van der Waals surface area contributed by atoms with E-state index in [2.05, 4.69) is 56.0 Å². The second kappa shape index (κ2) is 6.57. The van der Waals surface area contributed by atoms with E-state index in [1.807, 2.05) is 24.3 Å². The molecule has 98 valence electrons. The fraction of sp³-hybridized carbons (Fsp3) is 0.333. The normalized spacial score (nSPS) is 13.6. The molecular formula is C15H23NOSi. The third-order valence-corrected chi connectivity index (χ3v) is 6.32. The lowest BCUT2D eigenvalue weighted by Gasteiger charge is -2.34. The number of likely N-dealkylation sites (N-methyl/N-ethyl adjacent to an activating group) is 1. The smallest absolute Gasteiger partial charge is 0.211 e. The molecule has 0 saturated carbocycles.